The molecule has 0 amide bonds. The van der Waals surface area contributed by atoms with Gasteiger partial charge in [0.2, 0.25) is 0 Å². The van der Waals surface area contributed by atoms with E-state index >= 15 is 0 Å². The van der Waals surface area contributed by atoms with Gasteiger partial charge in [0.25, 0.3) is 0 Å². The zero-order valence-electron chi connectivity index (χ0n) is 10.5. The van der Waals surface area contributed by atoms with Crippen LogP contribution < -0.4 is 0 Å². The number of halogens is 2. The van der Waals surface area contributed by atoms with Crippen LogP contribution in [0.4, 0.5) is 8.78 Å². The van der Waals surface area contributed by atoms with Crippen LogP contribution in [0, 0.1) is 23.2 Å². The fourth-order valence-electron chi connectivity index (χ4n) is 1.71. The predicted octanol–water partition coefficient (Wildman–Crippen LogP) is 3.54. The molecular formula is C13H12F2N2OS. The number of benzene rings is 1. The topological polar surface area (TPSA) is 37.9 Å². The van der Waals surface area contributed by atoms with E-state index in [4.69, 9.17) is 17.0 Å². The second-order valence-electron chi connectivity index (χ2n) is 4.07. The van der Waals surface area contributed by atoms with E-state index in [1.165, 1.54) is 32.2 Å². The quantitative estimate of drug-likeness (QED) is 0.875. The van der Waals surface area contributed by atoms with Gasteiger partial charge in [0, 0.05) is 12.7 Å². The van der Waals surface area contributed by atoms with E-state index in [1.807, 2.05) is 0 Å². The molecule has 0 bridgehead atoms. The van der Waals surface area contributed by atoms with Crippen molar-refractivity contribution in [3.05, 3.63) is 45.9 Å². The number of aromatic nitrogens is 2. The fourth-order valence-corrected chi connectivity index (χ4v) is 1.94. The van der Waals surface area contributed by atoms with E-state index in [2.05, 4.69) is 9.97 Å². The van der Waals surface area contributed by atoms with Crippen LogP contribution in [0.25, 0.3) is 11.3 Å². The smallest absolute Gasteiger partial charge is 0.168 e. The molecule has 0 aliphatic rings. The average molecular weight is 282 g/mol. The van der Waals surface area contributed by atoms with Crippen LogP contribution >= 0.6 is 12.2 Å². The van der Waals surface area contributed by atoms with E-state index in [9.17, 15) is 8.78 Å². The number of rotatable bonds is 3. The van der Waals surface area contributed by atoms with Gasteiger partial charge in [0.05, 0.1) is 5.69 Å². The highest BCUT2D eigenvalue weighted by Crippen LogP contribution is 2.24. The first-order valence-corrected chi connectivity index (χ1v) is 5.98. The Kier molecular flexibility index (Phi) is 4.01. The Bertz CT molecular complexity index is 670. The molecule has 6 heteroatoms. The molecule has 2 rings (SSSR count). The number of nitrogens with zero attached hydrogens (tertiary/aromatic N) is 1. The number of H-pyrrole nitrogens is 1. The zero-order chi connectivity index (χ0) is 14.0. The minimum absolute atomic E-state index is 0.119. The SMILES string of the molecule is COCc1nc(=S)cc(-c2ccc(C)c(F)c2F)[nH]1. The lowest BCUT2D eigenvalue weighted by Gasteiger charge is -2.08. The van der Waals surface area contributed by atoms with Crippen molar-refractivity contribution < 1.29 is 13.5 Å². The summed E-state index contributed by atoms with van der Waals surface area (Å²) in [5.41, 5.74) is 0.753. The van der Waals surface area contributed by atoms with Crippen molar-refractivity contribution in [2.24, 2.45) is 0 Å². The molecule has 0 radical (unpaired) electrons. The molecular weight excluding hydrogens is 270 g/mol. The summed E-state index contributed by atoms with van der Waals surface area (Å²) in [6.45, 7) is 1.72. The number of aromatic amines is 1. The number of hydrogen-bond donors (Lipinski definition) is 1. The minimum atomic E-state index is -0.903. The molecule has 0 spiro atoms. The first-order chi connectivity index (χ1) is 9.02. The highest BCUT2D eigenvalue weighted by molar-refractivity contribution is 7.71. The Balaban J connectivity index is 2.59. The summed E-state index contributed by atoms with van der Waals surface area (Å²) < 4.78 is 32.7. The lowest BCUT2D eigenvalue weighted by molar-refractivity contribution is 0.177. The van der Waals surface area contributed by atoms with Gasteiger partial charge in [-0.2, -0.15) is 0 Å². The van der Waals surface area contributed by atoms with Gasteiger partial charge in [-0.1, -0.05) is 18.3 Å². The van der Waals surface area contributed by atoms with Crippen molar-refractivity contribution in [3.8, 4) is 11.3 Å². The summed E-state index contributed by atoms with van der Waals surface area (Å²) in [5.74, 6) is -1.30. The summed E-state index contributed by atoms with van der Waals surface area (Å²) in [5, 5.41) is 0. The molecule has 1 heterocycles. The standard InChI is InChI=1S/C13H12F2N2OS/c1-7-3-4-8(13(15)12(7)14)9-5-11(19)17-10(16-9)6-18-2/h3-5H,6H2,1-2H3,(H,16,17,19). The van der Waals surface area contributed by atoms with E-state index in [0.29, 0.717) is 16.2 Å². The molecule has 0 saturated heterocycles. The van der Waals surface area contributed by atoms with Gasteiger partial charge in [0.15, 0.2) is 11.6 Å². The molecule has 1 aromatic heterocycles. The maximum Gasteiger partial charge on any atom is 0.168 e. The molecule has 1 N–H and O–H groups in total. The minimum Gasteiger partial charge on any atom is -0.377 e. The molecule has 2 aromatic rings. The summed E-state index contributed by atoms with van der Waals surface area (Å²) in [7, 11) is 1.51. The van der Waals surface area contributed by atoms with Crippen molar-refractivity contribution in [1.29, 1.82) is 0 Å². The van der Waals surface area contributed by atoms with E-state index in [-0.39, 0.29) is 17.7 Å². The van der Waals surface area contributed by atoms with Gasteiger partial charge >= 0.3 is 0 Å². The Morgan fingerprint density at radius 2 is 2.05 bits per heavy atom. The number of aryl methyl sites for hydroxylation is 1. The highest BCUT2D eigenvalue weighted by atomic mass is 32.1. The van der Waals surface area contributed by atoms with Gasteiger partial charge < -0.3 is 9.72 Å². The van der Waals surface area contributed by atoms with Crippen LogP contribution in [0.1, 0.15) is 11.4 Å². The molecule has 0 aliphatic heterocycles. The largest absolute Gasteiger partial charge is 0.377 e. The second-order valence-corrected chi connectivity index (χ2v) is 4.49. The molecule has 0 aliphatic carbocycles. The van der Waals surface area contributed by atoms with Crippen LogP contribution in [-0.2, 0) is 11.3 Å². The molecule has 0 atom stereocenters. The lowest BCUT2D eigenvalue weighted by Crippen LogP contribution is -2.01. The van der Waals surface area contributed by atoms with Crippen molar-refractivity contribution in [3.63, 3.8) is 0 Å². The Hall–Kier alpha value is -1.66. The van der Waals surface area contributed by atoms with Gasteiger partial charge in [-0.15, -0.1) is 0 Å². The lowest BCUT2D eigenvalue weighted by atomic mass is 10.1. The Labute approximate surface area is 114 Å². The van der Waals surface area contributed by atoms with Crippen LogP contribution in [0.3, 0.4) is 0 Å². The van der Waals surface area contributed by atoms with Crippen molar-refractivity contribution in [1.82, 2.24) is 9.97 Å². The summed E-state index contributed by atoms with van der Waals surface area (Å²) in [4.78, 5) is 6.92. The number of methoxy groups -OCH3 is 1. The molecule has 19 heavy (non-hydrogen) atoms. The first-order valence-electron chi connectivity index (χ1n) is 5.57. The third-order valence-corrected chi connectivity index (χ3v) is 2.85. The summed E-state index contributed by atoms with van der Waals surface area (Å²) >= 11 is 5.00. The molecule has 3 nitrogen and oxygen atoms in total. The maximum atomic E-state index is 13.9. The van der Waals surface area contributed by atoms with Gasteiger partial charge in [-0.3, -0.25) is 0 Å². The second kappa shape index (κ2) is 5.54. The average Bonchev–Trinajstić information content (AvgIpc) is 2.36. The Morgan fingerprint density at radius 3 is 2.74 bits per heavy atom. The van der Waals surface area contributed by atoms with Gasteiger partial charge in [-0.25, -0.2) is 13.8 Å². The molecule has 1 aromatic carbocycles. The number of nitrogens with one attached hydrogen (secondary N) is 1. The Morgan fingerprint density at radius 1 is 1.32 bits per heavy atom. The summed E-state index contributed by atoms with van der Waals surface area (Å²) in [6, 6.07) is 4.51. The predicted molar refractivity (Wildman–Crippen MR) is 70.2 cm³/mol. The molecule has 100 valence electrons. The van der Waals surface area contributed by atoms with Crippen molar-refractivity contribution in [2.45, 2.75) is 13.5 Å². The monoisotopic (exact) mass is 282 g/mol. The van der Waals surface area contributed by atoms with Crippen LogP contribution in [-0.4, -0.2) is 17.1 Å². The third-order valence-electron chi connectivity index (χ3n) is 2.64. The van der Waals surface area contributed by atoms with E-state index in [1.54, 1.807) is 0 Å². The molecule has 0 unspecified atom stereocenters. The van der Waals surface area contributed by atoms with Gasteiger partial charge in [0.1, 0.15) is 17.1 Å². The number of hydrogen-bond acceptors (Lipinski definition) is 3. The zero-order valence-corrected chi connectivity index (χ0v) is 11.3. The van der Waals surface area contributed by atoms with Crippen molar-refractivity contribution >= 4 is 12.2 Å². The third kappa shape index (κ3) is 2.85. The maximum absolute atomic E-state index is 13.9. The van der Waals surface area contributed by atoms with Gasteiger partial charge in [-0.05, 0) is 24.6 Å². The van der Waals surface area contributed by atoms with E-state index in [0.717, 1.165) is 0 Å². The van der Waals surface area contributed by atoms with Crippen LogP contribution in [0.15, 0.2) is 18.2 Å². The fraction of sp³-hybridized carbons (Fsp3) is 0.231. The normalized spacial score (nSPS) is 10.7. The first kappa shape index (κ1) is 13.8. The highest BCUT2D eigenvalue weighted by Gasteiger charge is 2.13. The van der Waals surface area contributed by atoms with Crippen LogP contribution in [0.2, 0.25) is 0 Å². The molecule has 0 fully saturated rings. The van der Waals surface area contributed by atoms with E-state index < -0.39 is 11.6 Å². The molecule has 0 saturated carbocycles. The summed E-state index contributed by atoms with van der Waals surface area (Å²) in [6.07, 6.45) is 0. The van der Waals surface area contributed by atoms with Crippen molar-refractivity contribution in [2.75, 3.05) is 7.11 Å². The van der Waals surface area contributed by atoms with Crippen LogP contribution in [0.5, 0.6) is 0 Å². The number of ether oxygens (including phenoxy) is 1.